The third kappa shape index (κ3) is 4.89. The van der Waals surface area contributed by atoms with Crippen LogP contribution in [0.2, 0.25) is 0 Å². The number of benzene rings is 2. The van der Waals surface area contributed by atoms with Crippen LogP contribution in [0.15, 0.2) is 48.5 Å². The largest absolute Gasteiger partial charge is 0.497 e. The summed E-state index contributed by atoms with van der Waals surface area (Å²) in [5.41, 5.74) is 1.89. The summed E-state index contributed by atoms with van der Waals surface area (Å²) in [5.74, 6) is 0.477. The number of amides is 2. The second-order valence-electron chi connectivity index (χ2n) is 7.09. The van der Waals surface area contributed by atoms with Gasteiger partial charge in [0.15, 0.2) is 0 Å². The molecule has 28 heavy (non-hydrogen) atoms. The van der Waals surface area contributed by atoms with Crippen molar-refractivity contribution in [3.63, 3.8) is 0 Å². The zero-order valence-electron chi connectivity index (χ0n) is 16.5. The molecule has 1 saturated heterocycles. The van der Waals surface area contributed by atoms with Crippen molar-refractivity contribution in [3.8, 4) is 5.75 Å². The summed E-state index contributed by atoms with van der Waals surface area (Å²) in [6.45, 7) is 4.99. The summed E-state index contributed by atoms with van der Waals surface area (Å²) >= 11 is 0. The number of hydrogen-bond acceptors (Lipinski definition) is 4. The Kier molecular flexibility index (Phi) is 6.31. The van der Waals surface area contributed by atoms with E-state index >= 15 is 0 Å². The first-order valence-electron chi connectivity index (χ1n) is 9.43. The van der Waals surface area contributed by atoms with Gasteiger partial charge in [-0.3, -0.25) is 9.59 Å². The number of rotatable bonds is 5. The van der Waals surface area contributed by atoms with Gasteiger partial charge in [0.2, 0.25) is 5.91 Å². The minimum atomic E-state index is -0.172. The molecule has 0 unspecified atom stereocenters. The fourth-order valence-electron chi connectivity index (χ4n) is 3.42. The number of methoxy groups -OCH3 is 1. The predicted octanol–water partition coefficient (Wildman–Crippen LogP) is 3.13. The maximum Gasteiger partial charge on any atom is 0.256 e. The Bertz CT molecular complexity index is 825. The topological polar surface area (TPSA) is 67.9 Å². The van der Waals surface area contributed by atoms with Gasteiger partial charge in [0.25, 0.3) is 5.91 Å². The summed E-state index contributed by atoms with van der Waals surface area (Å²) < 4.78 is 10.8. The van der Waals surface area contributed by atoms with Crippen LogP contribution in [0.1, 0.15) is 29.8 Å². The van der Waals surface area contributed by atoms with Gasteiger partial charge in [-0.25, -0.2) is 0 Å². The highest BCUT2D eigenvalue weighted by Crippen LogP contribution is 2.21. The van der Waals surface area contributed by atoms with Crippen LogP contribution in [0.25, 0.3) is 0 Å². The molecule has 1 aliphatic heterocycles. The highest BCUT2D eigenvalue weighted by atomic mass is 16.5. The molecule has 0 bridgehead atoms. The Balaban J connectivity index is 1.70. The SMILES string of the molecule is COc1ccc(CC(=O)Nc2ccccc2C(=O)N2C[C@H](C)O[C@@H](C)C2)cc1. The number of nitrogens with zero attached hydrogens (tertiary/aromatic N) is 1. The molecule has 1 fully saturated rings. The molecule has 2 amide bonds. The van der Waals surface area contributed by atoms with E-state index in [0.717, 1.165) is 11.3 Å². The van der Waals surface area contributed by atoms with E-state index in [-0.39, 0.29) is 30.4 Å². The standard InChI is InChI=1S/C22H26N2O4/c1-15-13-24(14-16(2)28-15)22(26)19-6-4-5-7-20(19)23-21(25)12-17-8-10-18(27-3)11-9-17/h4-11,15-16H,12-14H2,1-3H3,(H,23,25)/t15-,16-/m0/s1. The van der Waals surface area contributed by atoms with E-state index in [2.05, 4.69) is 5.32 Å². The Morgan fingerprint density at radius 2 is 1.71 bits per heavy atom. The van der Waals surface area contributed by atoms with Gasteiger partial charge in [0.1, 0.15) is 5.75 Å². The molecular formula is C22H26N2O4. The number of carbonyl (C=O) groups is 2. The lowest BCUT2D eigenvalue weighted by atomic mass is 10.1. The van der Waals surface area contributed by atoms with Crippen molar-refractivity contribution in [2.45, 2.75) is 32.5 Å². The van der Waals surface area contributed by atoms with Crippen LogP contribution in [0, 0.1) is 0 Å². The smallest absolute Gasteiger partial charge is 0.256 e. The van der Waals surface area contributed by atoms with Gasteiger partial charge in [-0.2, -0.15) is 0 Å². The molecule has 0 radical (unpaired) electrons. The van der Waals surface area contributed by atoms with Gasteiger partial charge >= 0.3 is 0 Å². The highest BCUT2D eigenvalue weighted by Gasteiger charge is 2.28. The lowest BCUT2D eigenvalue weighted by molar-refractivity contribution is -0.115. The summed E-state index contributed by atoms with van der Waals surface area (Å²) in [6.07, 6.45) is 0.201. The van der Waals surface area contributed by atoms with Crippen LogP contribution < -0.4 is 10.1 Å². The van der Waals surface area contributed by atoms with E-state index in [4.69, 9.17) is 9.47 Å². The van der Waals surface area contributed by atoms with Crippen LogP contribution in [0.3, 0.4) is 0 Å². The van der Waals surface area contributed by atoms with Gasteiger partial charge < -0.3 is 19.7 Å². The Labute approximate surface area is 165 Å². The van der Waals surface area contributed by atoms with E-state index in [1.165, 1.54) is 0 Å². The van der Waals surface area contributed by atoms with E-state index in [9.17, 15) is 9.59 Å². The van der Waals surface area contributed by atoms with Crippen molar-refractivity contribution in [3.05, 3.63) is 59.7 Å². The first-order valence-corrected chi connectivity index (χ1v) is 9.43. The molecule has 6 nitrogen and oxygen atoms in total. The molecule has 0 aliphatic carbocycles. The van der Waals surface area contributed by atoms with Crippen molar-refractivity contribution in [1.29, 1.82) is 0 Å². The van der Waals surface area contributed by atoms with E-state index in [1.807, 2.05) is 44.2 Å². The minimum absolute atomic E-state index is 0.00970. The van der Waals surface area contributed by atoms with Crippen molar-refractivity contribution in [2.24, 2.45) is 0 Å². The number of ether oxygens (including phenoxy) is 2. The number of nitrogens with one attached hydrogen (secondary N) is 1. The highest BCUT2D eigenvalue weighted by molar-refractivity contribution is 6.04. The maximum atomic E-state index is 13.0. The van der Waals surface area contributed by atoms with Crippen molar-refractivity contribution >= 4 is 17.5 Å². The first-order chi connectivity index (χ1) is 13.5. The molecule has 6 heteroatoms. The molecule has 148 valence electrons. The lowest BCUT2D eigenvalue weighted by Crippen LogP contribution is -2.48. The zero-order chi connectivity index (χ0) is 20.1. The Morgan fingerprint density at radius 3 is 2.36 bits per heavy atom. The normalized spacial score (nSPS) is 19.2. The van der Waals surface area contributed by atoms with Crippen molar-refractivity contribution in [2.75, 3.05) is 25.5 Å². The van der Waals surface area contributed by atoms with Crippen LogP contribution in [-0.4, -0.2) is 49.1 Å². The summed E-state index contributed by atoms with van der Waals surface area (Å²) in [6, 6.07) is 14.5. The number of para-hydroxylation sites is 1. The van der Waals surface area contributed by atoms with Gasteiger partial charge in [-0.05, 0) is 43.7 Å². The fraction of sp³-hybridized carbons (Fsp3) is 0.364. The fourth-order valence-corrected chi connectivity index (χ4v) is 3.42. The van der Waals surface area contributed by atoms with Gasteiger partial charge in [-0.1, -0.05) is 24.3 Å². The van der Waals surface area contributed by atoms with Crippen LogP contribution in [0.4, 0.5) is 5.69 Å². The average molecular weight is 382 g/mol. The molecule has 2 aromatic rings. The minimum Gasteiger partial charge on any atom is -0.497 e. The molecule has 0 aromatic heterocycles. The van der Waals surface area contributed by atoms with Crippen LogP contribution >= 0.6 is 0 Å². The van der Waals surface area contributed by atoms with E-state index in [0.29, 0.717) is 24.3 Å². The molecular weight excluding hydrogens is 356 g/mol. The zero-order valence-corrected chi connectivity index (χ0v) is 16.5. The second-order valence-corrected chi connectivity index (χ2v) is 7.09. The monoisotopic (exact) mass is 382 g/mol. The van der Waals surface area contributed by atoms with E-state index < -0.39 is 0 Å². The quantitative estimate of drug-likeness (QED) is 0.863. The molecule has 2 aromatic carbocycles. The van der Waals surface area contributed by atoms with Crippen molar-refractivity contribution < 1.29 is 19.1 Å². The summed E-state index contributed by atoms with van der Waals surface area (Å²) in [7, 11) is 1.60. The summed E-state index contributed by atoms with van der Waals surface area (Å²) in [5, 5.41) is 2.88. The molecule has 0 saturated carbocycles. The molecule has 3 rings (SSSR count). The summed E-state index contributed by atoms with van der Waals surface area (Å²) in [4.78, 5) is 27.3. The van der Waals surface area contributed by atoms with Gasteiger partial charge in [0.05, 0.1) is 37.0 Å². The molecule has 2 atom stereocenters. The number of carbonyl (C=O) groups excluding carboxylic acids is 2. The molecule has 1 aliphatic rings. The Morgan fingerprint density at radius 1 is 1.07 bits per heavy atom. The van der Waals surface area contributed by atoms with Gasteiger partial charge in [-0.15, -0.1) is 0 Å². The van der Waals surface area contributed by atoms with Gasteiger partial charge in [0, 0.05) is 13.1 Å². The average Bonchev–Trinajstić information content (AvgIpc) is 2.67. The number of anilines is 1. The van der Waals surface area contributed by atoms with Crippen LogP contribution in [0.5, 0.6) is 5.75 Å². The van der Waals surface area contributed by atoms with E-state index in [1.54, 1.807) is 30.2 Å². The Hall–Kier alpha value is -2.86. The maximum absolute atomic E-state index is 13.0. The second kappa shape index (κ2) is 8.89. The third-order valence-electron chi connectivity index (χ3n) is 4.66. The lowest BCUT2D eigenvalue weighted by Gasteiger charge is -2.35. The molecule has 1 heterocycles. The predicted molar refractivity (Wildman–Crippen MR) is 108 cm³/mol. The number of morpholine rings is 1. The van der Waals surface area contributed by atoms with Crippen LogP contribution in [-0.2, 0) is 16.0 Å². The first kappa shape index (κ1) is 19.9. The molecule has 0 spiro atoms. The number of hydrogen-bond donors (Lipinski definition) is 1. The molecule has 1 N–H and O–H groups in total. The third-order valence-corrected chi connectivity index (χ3v) is 4.66. The van der Waals surface area contributed by atoms with Crippen molar-refractivity contribution in [1.82, 2.24) is 4.90 Å².